The maximum atomic E-state index is 11.3. The predicted octanol–water partition coefficient (Wildman–Crippen LogP) is -0.390. The van der Waals surface area contributed by atoms with Gasteiger partial charge in [-0.15, -0.1) is 0 Å². The zero-order valence-corrected chi connectivity index (χ0v) is 9.84. The molecule has 0 radical (unpaired) electrons. The first kappa shape index (κ1) is 13.4. The molecular formula is C11H23N3O2. The molecule has 4 N–H and O–H groups in total. The molecule has 0 spiro atoms. The van der Waals surface area contributed by atoms with Gasteiger partial charge in [-0.2, -0.15) is 0 Å². The molecule has 16 heavy (non-hydrogen) atoms. The number of hydrogen-bond acceptors (Lipinski definition) is 4. The Hall–Kier alpha value is -0.650. The van der Waals surface area contributed by atoms with Gasteiger partial charge in [-0.1, -0.05) is 0 Å². The summed E-state index contributed by atoms with van der Waals surface area (Å²) in [5.41, 5.74) is 5.33. The lowest BCUT2D eigenvalue weighted by molar-refractivity contribution is -0.122. The first-order valence-corrected chi connectivity index (χ1v) is 6.12. The monoisotopic (exact) mass is 229 g/mol. The van der Waals surface area contributed by atoms with Crippen molar-refractivity contribution in [2.45, 2.75) is 31.8 Å². The van der Waals surface area contributed by atoms with Crippen LogP contribution in [0.15, 0.2) is 0 Å². The van der Waals surface area contributed by atoms with Crippen LogP contribution in [0.2, 0.25) is 0 Å². The summed E-state index contributed by atoms with van der Waals surface area (Å²) in [4.78, 5) is 11.3. The Morgan fingerprint density at radius 1 is 1.44 bits per heavy atom. The second-order valence-electron chi connectivity index (χ2n) is 4.06. The molecule has 1 aliphatic heterocycles. The minimum absolute atomic E-state index is 0.0578. The van der Waals surface area contributed by atoms with E-state index in [1.165, 1.54) is 0 Å². The Kier molecular flexibility index (Phi) is 7.12. The van der Waals surface area contributed by atoms with E-state index in [1.807, 2.05) is 0 Å². The summed E-state index contributed by atoms with van der Waals surface area (Å²) < 4.78 is 5.63. The van der Waals surface area contributed by atoms with Gasteiger partial charge < -0.3 is 21.1 Å². The third kappa shape index (κ3) is 6.05. The third-order valence-electron chi connectivity index (χ3n) is 2.67. The van der Waals surface area contributed by atoms with Gasteiger partial charge in [0.2, 0.25) is 5.91 Å². The molecule has 1 fully saturated rings. The topological polar surface area (TPSA) is 76.4 Å². The molecule has 5 heteroatoms. The quantitative estimate of drug-likeness (QED) is 0.520. The van der Waals surface area contributed by atoms with Crippen LogP contribution in [-0.4, -0.2) is 44.8 Å². The van der Waals surface area contributed by atoms with Crippen LogP contribution in [0.5, 0.6) is 0 Å². The lowest BCUT2D eigenvalue weighted by Gasteiger charge is -2.22. The van der Waals surface area contributed by atoms with Crippen LogP contribution in [0.1, 0.15) is 25.7 Å². The molecule has 1 heterocycles. The largest absolute Gasteiger partial charge is 0.378 e. The summed E-state index contributed by atoms with van der Waals surface area (Å²) in [5, 5.41) is 6.09. The molecule has 1 rings (SSSR count). The van der Waals surface area contributed by atoms with E-state index in [0.29, 0.717) is 32.2 Å². The molecule has 1 aliphatic rings. The van der Waals surface area contributed by atoms with Crippen LogP contribution in [0.4, 0.5) is 0 Å². The number of carbonyl (C=O) groups excluding carboxylic acids is 1. The van der Waals surface area contributed by atoms with Crippen LogP contribution in [0, 0.1) is 0 Å². The second-order valence-corrected chi connectivity index (χ2v) is 4.06. The van der Waals surface area contributed by atoms with Crippen LogP contribution in [0.3, 0.4) is 0 Å². The van der Waals surface area contributed by atoms with E-state index in [0.717, 1.165) is 32.4 Å². The zero-order valence-electron chi connectivity index (χ0n) is 9.84. The molecule has 0 unspecified atom stereocenters. The number of ether oxygens (including phenoxy) is 1. The molecular weight excluding hydrogens is 206 g/mol. The van der Waals surface area contributed by atoms with Gasteiger partial charge in [0, 0.05) is 13.0 Å². The van der Waals surface area contributed by atoms with Crippen molar-refractivity contribution >= 4 is 5.91 Å². The van der Waals surface area contributed by atoms with Crippen molar-refractivity contribution < 1.29 is 9.53 Å². The van der Waals surface area contributed by atoms with E-state index >= 15 is 0 Å². The van der Waals surface area contributed by atoms with Gasteiger partial charge in [-0.05, 0) is 38.9 Å². The summed E-state index contributed by atoms with van der Waals surface area (Å²) in [7, 11) is 0. The molecule has 0 aromatic heterocycles. The minimum atomic E-state index is 0.0578. The predicted molar refractivity (Wildman–Crippen MR) is 63.1 cm³/mol. The van der Waals surface area contributed by atoms with Gasteiger partial charge in [0.25, 0.3) is 0 Å². The van der Waals surface area contributed by atoms with Crippen molar-refractivity contribution in [3.63, 3.8) is 0 Å². The van der Waals surface area contributed by atoms with Crippen molar-refractivity contribution in [3.05, 3.63) is 0 Å². The Labute approximate surface area is 97.1 Å². The van der Waals surface area contributed by atoms with Crippen molar-refractivity contribution in [2.24, 2.45) is 5.73 Å². The standard InChI is InChI=1S/C11H23N3O2/c12-5-1-6-14-11(15)4-9-16-10-2-7-13-8-3-10/h10,13H,1-9,12H2,(H,14,15). The van der Waals surface area contributed by atoms with Crippen LogP contribution < -0.4 is 16.4 Å². The second kappa shape index (κ2) is 8.50. The summed E-state index contributed by atoms with van der Waals surface area (Å²) in [6.45, 7) is 3.86. The number of nitrogens with two attached hydrogens (primary N) is 1. The fraction of sp³-hybridized carbons (Fsp3) is 0.909. The van der Waals surface area contributed by atoms with Crippen molar-refractivity contribution in [1.82, 2.24) is 10.6 Å². The summed E-state index contributed by atoms with van der Waals surface area (Å²) in [5.74, 6) is 0.0578. The Balaban J connectivity index is 1.94. The molecule has 5 nitrogen and oxygen atoms in total. The highest BCUT2D eigenvalue weighted by Crippen LogP contribution is 2.07. The lowest BCUT2D eigenvalue weighted by atomic mass is 10.1. The minimum Gasteiger partial charge on any atom is -0.378 e. The van der Waals surface area contributed by atoms with E-state index < -0.39 is 0 Å². The number of amides is 1. The number of piperidine rings is 1. The summed E-state index contributed by atoms with van der Waals surface area (Å²) in [6, 6.07) is 0. The molecule has 94 valence electrons. The van der Waals surface area contributed by atoms with Crippen LogP contribution in [-0.2, 0) is 9.53 Å². The van der Waals surface area contributed by atoms with Gasteiger partial charge in [0.1, 0.15) is 0 Å². The molecule has 0 aliphatic carbocycles. The summed E-state index contributed by atoms with van der Waals surface area (Å²) >= 11 is 0. The summed E-state index contributed by atoms with van der Waals surface area (Å²) in [6.07, 6.45) is 3.72. The average molecular weight is 229 g/mol. The van der Waals surface area contributed by atoms with Gasteiger partial charge in [0.15, 0.2) is 0 Å². The van der Waals surface area contributed by atoms with Crippen molar-refractivity contribution in [2.75, 3.05) is 32.8 Å². The number of rotatable bonds is 7. The lowest BCUT2D eigenvalue weighted by Crippen LogP contribution is -2.33. The fourth-order valence-corrected chi connectivity index (χ4v) is 1.70. The third-order valence-corrected chi connectivity index (χ3v) is 2.67. The first-order chi connectivity index (χ1) is 7.83. The smallest absolute Gasteiger partial charge is 0.222 e. The highest BCUT2D eigenvalue weighted by molar-refractivity contribution is 5.75. The van der Waals surface area contributed by atoms with Gasteiger partial charge in [-0.3, -0.25) is 4.79 Å². The highest BCUT2D eigenvalue weighted by Gasteiger charge is 2.13. The maximum Gasteiger partial charge on any atom is 0.222 e. The average Bonchev–Trinajstić information content (AvgIpc) is 2.31. The Bertz CT molecular complexity index is 194. The van der Waals surface area contributed by atoms with Crippen LogP contribution in [0.25, 0.3) is 0 Å². The molecule has 0 aromatic carbocycles. The number of nitrogens with one attached hydrogen (secondary N) is 2. The van der Waals surface area contributed by atoms with E-state index in [2.05, 4.69) is 10.6 Å². The molecule has 0 atom stereocenters. The molecule has 1 saturated heterocycles. The van der Waals surface area contributed by atoms with Gasteiger partial charge in [0.05, 0.1) is 12.7 Å². The highest BCUT2D eigenvalue weighted by atomic mass is 16.5. The van der Waals surface area contributed by atoms with E-state index in [-0.39, 0.29) is 5.91 Å². The Morgan fingerprint density at radius 3 is 2.88 bits per heavy atom. The molecule has 1 amide bonds. The first-order valence-electron chi connectivity index (χ1n) is 6.12. The normalized spacial score (nSPS) is 17.3. The van der Waals surface area contributed by atoms with Crippen molar-refractivity contribution in [3.8, 4) is 0 Å². The SMILES string of the molecule is NCCCNC(=O)CCOC1CCNCC1. The Morgan fingerprint density at radius 2 is 2.19 bits per heavy atom. The molecule has 0 bridgehead atoms. The van der Waals surface area contributed by atoms with Crippen LogP contribution >= 0.6 is 0 Å². The number of carbonyl (C=O) groups is 1. The maximum absolute atomic E-state index is 11.3. The van der Waals surface area contributed by atoms with Crippen molar-refractivity contribution in [1.29, 1.82) is 0 Å². The van der Waals surface area contributed by atoms with E-state index in [9.17, 15) is 4.79 Å². The van der Waals surface area contributed by atoms with E-state index in [1.54, 1.807) is 0 Å². The van der Waals surface area contributed by atoms with Gasteiger partial charge in [-0.25, -0.2) is 0 Å². The van der Waals surface area contributed by atoms with E-state index in [4.69, 9.17) is 10.5 Å². The fourth-order valence-electron chi connectivity index (χ4n) is 1.70. The zero-order chi connectivity index (χ0) is 11.6. The van der Waals surface area contributed by atoms with Gasteiger partial charge >= 0.3 is 0 Å². The number of hydrogen-bond donors (Lipinski definition) is 3. The molecule has 0 saturated carbocycles. The molecule has 0 aromatic rings.